The Kier molecular flexibility index (Phi) is 5.22. The molecule has 1 heterocycles. The minimum absolute atomic E-state index is 0.0918. The molecule has 1 saturated heterocycles. The van der Waals surface area contributed by atoms with E-state index >= 15 is 0 Å². The van der Waals surface area contributed by atoms with E-state index in [2.05, 4.69) is 37.9 Å². The first kappa shape index (κ1) is 13.9. The molecule has 2 atom stereocenters. The summed E-state index contributed by atoms with van der Waals surface area (Å²) in [5.41, 5.74) is 0.0918. The Morgan fingerprint density at radius 2 is 2.06 bits per heavy atom. The number of likely N-dealkylation sites (tertiary alicyclic amines) is 1. The lowest BCUT2D eigenvalue weighted by atomic mass is 10.0. The Bertz CT molecular complexity index is 201. The highest BCUT2D eigenvalue weighted by atomic mass is 16.3. The van der Waals surface area contributed by atoms with Crippen LogP contribution in [0.4, 0.5) is 0 Å². The zero-order valence-electron chi connectivity index (χ0n) is 11.3. The summed E-state index contributed by atoms with van der Waals surface area (Å²) in [6.45, 7) is 11.3. The van der Waals surface area contributed by atoms with Gasteiger partial charge in [0.2, 0.25) is 0 Å². The van der Waals surface area contributed by atoms with Gasteiger partial charge in [0.05, 0.1) is 6.10 Å². The maximum absolute atomic E-state index is 9.98. The standard InChI is InChI=1S/C13H28N2O/c1-11-7-5-6-8-15(11)10-12(16)9-14-13(2,3)4/h11-12,14,16H,5-10H2,1-4H3. The van der Waals surface area contributed by atoms with Crippen LogP contribution in [-0.2, 0) is 0 Å². The van der Waals surface area contributed by atoms with Gasteiger partial charge in [-0.05, 0) is 47.1 Å². The first-order valence-electron chi connectivity index (χ1n) is 6.55. The number of aliphatic hydroxyl groups is 1. The van der Waals surface area contributed by atoms with Gasteiger partial charge < -0.3 is 10.4 Å². The first-order valence-corrected chi connectivity index (χ1v) is 6.55. The van der Waals surface area contributed by atoms with Gasteiger partial charge in [0, 0.05) is 24.7 Å². The predicted molar refractivity (Wildman–Crippen MR) is 68.6 cm³/mol. The molecule has 96 valence electrons. The number of hydrogen-bond donors (Lipinski definition) is 2. The second kappa shape index (κ2) is 5.99. The molecule has 2 N–H and O–H groups in total. The SMILES string of the molecule is CC1CCCCN1CC(O)CNC(C)(C)C. The van der Waals surface area contributed by atoms with Crippen molar-refractivity contribution in [1.82, 2.24) is 10.2 Å². The highest BCUT2D eigenvalue weighted by Gasteiger charge is 2.21. The molecule has 0 aromatic heterocycles. The van der Waals surface area contributed by atoms with E-state index < -0.39 is 0 Å². The summed E-state index contributed by atoms with van der Waals surface area (Å²) in [4.78, 5) is 2.42. The van der Waals surface area contributed by atoms with Crippen LogP contribution in [0.5, 0.6) is 0 Å². The summed E-state index contributed by atoms with van der Waals surface area (Å²) in [6, 6.07) is 0.637. The predicted octanol–water partition coefficient (Wildman–Crippen LogP) is 1.61. The van der Waals surface area contributed by atoms with E-state index in [9.17, 15) is 5.11 Å². The van der Waals surface area contributed by atoms with Crippen molar-refractivity contribution < 1.29 is 5.11 Å². The summed E-state index contributed by atoms with van der Waals surface area (Å²) in [5, 5.41) is 13.3. The van der Waals surface area contributed by atoms with Gasteiger partial charge in [-0.1, -0.05) is 6.42 Å². The van der Waals surface area contributed by atoms with Gasteiger partial charge in [0.1, 0.15) is 0 Å². The smallest absolute Gasteiger partial charge is 0.0791 e. The summed E-state index contributed by atoms with van der Waals surface area (Å²) >= 11 is 0. The fourth-order valence-electron chi connectivity index (χ4n) is 2.19. The Balaban J connectivity index is 2.24. The van der Waals surface area contributed by atoms with Crippen LogP contribution >= 0.6 is 0 Å². The number of hydrogen-bond acceptors (Lipinski definition) is 3. The zero-order valence-corrected chi connectivity index (χ0v) is 11.3. The van der Waals surface area contributed by atoms with Crippen molar-refractivity contribution in [1.29, 1.82) is 0 Å². The molecule has 0 bridgehead atoms. The molecule has 0 amide bonds. The van der Waals surface area contributed by atoms with Gasteiger partial charge in [0.25, 0.3) is 0 Å². The molecule has 0 radical (unpaired) electrons. The van der Waals surface area contributed by atoms with Gasteiger partial charge in [-0.2, -0.15) is 0 Å². The van der Waals surface area contributed by atoms with Gasteiger partial charge >= 0.3 is 0 Å². The van der Waals surface area contributed by atoms with Crippen LogP contribution in [0.2, 0.25) is 0 Å². The summed E-state index contributed by atoms with van der Waals surface area (Å²) in [7, 11) is 0. The van der Waals surface area contributed by atoms with Crippen molar-refractivity contribution >= 4 is 0 Å². The van der Waals surface area contributed by atoms with Crippen LogP contribution in [0.3, 0.4) is 0 Å². The third kappa shape index (κ3) is 5.28. The Hall–Kier alpha value is -0.120. The largest absolute Gasteiger partial charge is 0.390 e. The minimum Gasteiger partial charge on any atom is -0.390 e. The van der Waals surface area contributed by atoms with Crippen LogP contribution in [0.15, 0.2) is 0 Å². The molecule has 0 aromatic carbocycles. The zero-order chi connectivity index (χ0) is 12.2. The average molecular weight is 228 g/mol. The second-order valence-electron chi connectivity index (χ2n) is 6.12. The highest BCUT2D eigenvalue weighted by Crippen LogP contribution is 2.16. The molecule has 1 fully saturated rings. The maximum atomic E-state index is 9.98. The number of nitrogens with one attached hydrogen (secondary N) is 1. The van der Waals surface area contributed by atoms with Gasteiger partial charge in [-0.25, -0.2) is 0 Å². The van der Waals surface area contributed by atoms with Gasteiger partial charge in [0.15, 0.2) is 0 Å². The molecular weight excluding hydrogens is 200 g/mol. The number of aliphatic hydroxyl groups excluding tert-OH is 1. The molecular formula is C13H28N2O. The van der Waals surface area contributed by atoms with Gasteiger partial charge in [-0.3, -0.25) is 4.90 Å². The van der Waals surface area contributed by atoms with Crippen molar-refractivity contribution in [2.45, 2.75) is 64.6 Å². The fourth-order valence-corrected chi connectivity index (χ4v) is 2.19. The molecule has 0 aliphatic carbocycles. The minimum atomic E-state index is -0.250. The van der Waals surface area contributed by atoms with E-state index in [1.807, 2.05) is 0 Å². The lowest BCUT2D eigenvalue weighted by Crippen LogP contribution is -2.47. The molecule has 2 unspecified atom stereocenters. The average Bonchev–Trinajstić information content (AvgIpc) is 2.18. The molecule has 0 aromatic rings. The molecule has 16 heavy (non-hydrogen) atoms. The van der Waals surface area contributed by atoms with E-state index in [-0.39, 0.29) is 11.6 Å². The molecule has 0 spiro atoms. The molecule has 1 rings (SSSR count). The van der Waals surface area contributed by atoms with E-state index in [4.69, 9.17) is 0 Å². The molecule has 1 aliphatic heterocycles. The molecule has 3 nitrogen and oxygen atoms in total. The fraction of sp³-hybridized carbons (Fsp3) is 1.00. The molecule has 1 aliphatic rings. The van der Waals surface area contributed by atoms with Crippen LogP contribution in [0.25, 0.3) is 0 Å². The van der Waals surface area contributed by atoms with Crippen molar-refractivity contribution in [2.24, 2.45) is 0 Å². The van der Waals surface area contributed by atoms with E-state index in [1.54, 1.807) is 0 Å². The maximum Gasteiger partial charge on any atom is 0.0791 e. The third-order valence-corrected chi connectivity index (χ3v) is 3.25. The number of β-amino-alcohol motifs (C(OH)–C–C–N with tert-alkyl or cyclic N) is 1. The normalized spacial score (nSPS) is 25.7. The van der Waals surface area contributed by atoms with Gasteiger partial charge in [-0.15, -0.1) is 0 Å². The summed E-state index contributed by atoms with van der Waals surface area (Å²) in [6.07, 6.45) is 3.65. The number of rotatable bonds is 4. The lowest BCUT2D eigenvalue weighted by molar-refractivity contribution is 0.0695. The Morgan fingerprint density at radius 1 is 1.38 bits per heavy atom. The lowest BCUT2D eigenvalue weighted by Gasteiger charge is -2.35. The second-order valence-corrected chi connectivity index (χ2v) is 6.12. The van der Waals surface area contributed by atoms with E-state index in [1.165, 1.54) is 19.3 Å². The van der Waals surface area contributed by atoms with Crippen molar-refractivity contribution in [3.05, 3.63) is 0 Å². The number of piperidine rings is 1. The summed E-state index contributed by atoms with van der Waals surface area (Å²) < 4.78 is 0. The third-order valence-electron chi connectivity index (χ3n) is 3.25. The quantitative estimate of drug-likeness (QED) is 0.767. The van der Waals surface area contributed by atoms with E-state index in [0.717, 1.165) is 13.1 Å². The van der Waals surface area contributed by atoms with Crippen LogP contribution in [-0.4, -0.2) is 47.3 Å². The van der Waals surface area contributed by atoms with Crippen molar-refractivity contribution in [3.8, 4) is 0 Å². The van der Waals surface area contributed by atoms with Crippen molar-refractivity contribution in [2.75, 3.05) is 19.6 Å². The monoisotopic (exact) mass is 228 g/mol. The Labute approximate surface area is 100 Å². The van der Waals surface area contributed by atoms with Crippen LogP contribution in [0.1, 0.15) is 47.0 Å². The number of nitrogens with zero attached hydrogens (tertiary/aromatic N) is 1. The molecule has 0 saturated carbocycles. The van der Waals surface area contributed by atoms with Crippen LogP contribution < -0.4 is 5.32 Å². The first-order chi connectivity index (χ1) is 7.38. The topological polar surface area (TPSA) is 35.5 Å². The molecule has 3 heteroatoms. The highest BCUT2D eigenvalue weighted by molar-refractivity contribution is 4.78. The van der Waals surface area contributed by atoms with E-state index in [0.29, 0.717) is 12.6 Å². The van der Waals surface area contributed by atoms with Crippen LogP contribution in [0, 0.1) is 0 Å². The Morgan fingerprint density at radius 3 is 2.62 bits per heavy atom. The summed E-state index contributed by atoms with van der Waals surface area (Å²) in [5.74, 6) is 0. The van der Waals surface area contributed by atoms with Crippen molar-refractivity contribution in [3.63, 3.8) is 0 Å².